The number of aromatic nitrogens is 2. The van der Waals surface area contributed by atoms with E-state index in [-0.39, 0.29) is 17.8 Å². The molecule has 3 aromatic carbocycles. The number of nitrogens with one attached hydrogen (secondary N) is 1. The number of halogens is 1. The molecule has 1 N–H and O–H groups in total. The fraction of sp³-hybridized carbons (Fsp3) is 0.276. The maximum atomic E-state index is 13.2. The number of ether oxygens (including phenoxy) is 2. The first-order valence-electron chi connectivity index (χ1n) is 12.6. The molecule has 1 amide bonds. The summed E-state index contributed by atoms with van der Waals surface area (Å²) in [6.45, 7) is 2.81. The maximum absolute atomic E-state index is 13.2. The van der Waals surface area contributed by atoms with E-state index in [0.29, 0.717) is 34.5 Å². The van der Waals surface area contributed by atoms with Crippen LogP contribution in [0.3, 0.4) is 0 Å². The van der Waals surface area contributed by atoms with E-state index >= 15 is 0 Å². The maximum Gasteiger partial charge on any atom is 0.298 e. The number of carbonyl (C=O) groups is 1. The average Bonchev–Trinajstić information content (AvgIpc) is 3.38. The zero-order chi connectivity index (χ0) is 26.3. The highest BCUT2D eigenvalue weighted by Gasteiger charge is 2.22. The molecule has 0 radical (unpaired) electrons. The normalized spacial score (nSPS) is 14.3. The van der Waals surface area contributed by atoms with Gasteiger partial charge in [-0.15, -0.1) is 0 Å². The van der Waals surface area contributed by atoms with Crippen LogP contribution in [0.2, 0.25) is 0 Å². The predicted octanol–water partition coefficient (Wildman–Crippen LogP) is 5.46. The second-order valence-electron chi connectivity index (χ2n) is 9.26. The van der Waals surface area contributed by atoms with E-state index in [1.54, 1.807) is 37.4 Å². The van der Waals surface area contributed by atoms with Crippen molar-refractivity contribution in [1.82, 2.24) is 19.6 Å². The van der Waals surface area contributed by atoms with E-state index in [9.17, 15) is 9.18 Å². The Labute approximate surface area is 225 Å². The van der Waals surface area contributed by atoms with Crippen LogP contribution in [0.1, 0.15) is 40.2 Å². The van der Waals surface area contributed by atoms with Crippen LogP contribution in [0.4, 0.5) is 4.39 Å². The van der Waals surface area contributed by atoms with Gasteiger partial charge in [-0.3, -0.25) is 9.69 Å². The molecule has 1 fully saturated rings. The number of piperidine rings is 1. The molecule has 0 bridgehead atoms. The second kappa shape index (κ2) is 12.1. The summed E-state index contributed by atoms with van der Waals surface area (Å²) in [7, 11) is 1.55. The van der Waals surface area contributed by atoms with Crippen LogP contribution in [-0.2, 0) is 13.0 Å². The van der Waals surface area contributed by atoms with Crippen molar-refractivity contribution in [3.63, 3.8) is 0 Å². The van der Waals surface area contributed by atoms with Crippen molar-refractivity contribution in [2.24, 2.45) is 0 Å². The number of hydrogen-bond acceptors (Lipinski definition) is 7. The molecular weight excluding hydrogens is 503 g/mol. The van der Waals surface area contributed by atoms with E-state index in [1.165, 1.54) is 17.7 Å². The quantitative estimate of drug-likeness (QED) is 0.308. The fourth-order valence-corrected chi connectivity index (χ4v) is 5.04. The minimum atomic E-state index is -0.284. The van der Waals surface area contributed by atoms with Gasteiger partial charge in [-0.2, -0.15) is 9.36 Å². The molecule has 5 rings (SSSR count). The monoisotopic (exact) mass is 532 g/mol. The summed E-state index contributed by atoms with van der Waals surface area (Å²) in [4.78, 5) is 19.9. The fourth-order valence-electron chi connectivity index (χ4n) is 4.47. The molecule has 1 saturated heterocycles. The lowest BCUT2D eigenvalue weighted by Gasteiger charge is -2.32. The van der Waals surface area contributed by atoms with Gasteiger partial charge in [0, 0.05) is 49.2 Å². The Morgan fingerprint density at radius 1 is 1.03 bits per heavy atom. The van der Waals surface area contributed by atoms with E-state index < -0.39 is 0 Å². The number of carbonyl (C=O) groups excluding carboxylic acids is 1. The van der Waals surface area contributed by atoms with Crippen LogP contribution < -0.4 is 14.8 Å². The topological polar surface area (TPSA) is 76.6 Å². The third kappa shape index (κ3) is 6.73. The third-order valence-corrected chi connectivity index (χ3v) is 7.15. The second-order valence-corrected chi connectivity index (χ2v) is 9.97. The SMILES string of the molecule is COc1ccc(C(=O)NC2CCN(Cc3ccccc3)CC2)cc1Oc1nc(Cc2ccc(F)cc2)ns1. The summed E-state index contributed by atoms with van der Waals surface area (Å²) in [5.74, 6) is 1.03. The van der Waals surface area contributed by atoms with Gasteiger partial charge in [0.15, 0.2) is 17.3 Å². The van der Waals surface area contributed by atoms with Crippen molar-refractivity contribution in [1.29, 1.82) is 0 Å². The highest BCUT2D eigenvalue weighted by atomic mass is 32.1. The van der Waals surface area contributed by atoms with Gasteiger partial charge < -0.3 is 14.8 Å². The van der Waals surface area contributed by atoms with Gasteiger partial charge in [0.05, 0.1) is 7.11 Å². The molecule has 9 heteroatoms. The lowest BCUT2D eigenvalue weighted by atomic mass is 10.0. The standard InChI is InChI=1S/C29H29FN4O3S/c1-36-25-12-9-22(28(35)31-24-13-15-34(16-14-24)19-21-5-3-2-4-6-21)18-26(25)37-29-32-27(33-38-29)17-20-7-10-23(30)11-8-20/h2-12,18,24H,13-17,19H2,1H3,(H,31,35). The van der Waals surface area contributed by atoms with E-state index in [0.717, 1.165) is 49.6 Å². The molecule has 1 aliphatic heterocycles. The Morgan fingerprint density at radius 3 is 2.53 bits per heavy atom. The van der Waals surface area contributed by atoms with Crippen molar-refractivity contribution >= 4 is 17.4 Å². The largest absolute Gasteiger partial charge is 0.493 e. The molecule has 38 heavy (non-hydrogen) atoms. The minimum absolute atomic E-state index is 0.123. The van der Waals surface area contributed by atoms with Gasteiger partial charge >= 0.3 is 0 Å². The Bertz CT molecular complexity index is 1360. The van der Waals surface area contributed by atoms with Crippen molar-refractivity contribution in [3.8, 4) is 16.7 Å². The average molecular weight is 533 g/mol. The zero-order valence-corrected chi connectivity index (χ0v) is 21.9. The molecule has 0 unspecified atom stereocenters. The molecule has 196 valence electrons. The summed E-state index contributed by atoms with van der Waals surface area (Å²) < 4.78 is 28.9. The number of methoxy groups -OCH3 is 1. The van der Waals surface area contributed by atoms with Crippen LogP contribution in [0.5, 0.6) is 16.7 Å². The first-order valence-corrected chi connectivity index (χ1v) is 13.3. The van der Waals surface area contributed by atoms with E-state index in [1.807, 2.05) is 6.07 Å². The van der Waals surface area contributed by atoms with Crippen molar-refractivity contribution in [2.45, 2.75) is 31.8 Å². The number of rotatable bonds is 9. The lowest BCUT2D eigenvalue weighted by molar-refractivity contribution is 0.0908. The Kier molecular flexibility index (Phi) is 8.25. The predicted molar refractivity (Wildman–Crippen MR) is 144 cm³/mol. The van der Waals surface area contributed by atoms with E-state index in [2.05, 4.69) is 43.8 Å². The van der Waals surface area contributed by atoms with E-state index in [4.69, 9.17) is 9.47 Å². The number of hydrogen-bond donors (Lipinski definition) is 1. The first kappa shape index (κ1) is 25.8. The van der Waals surface area contributed by atoms with Crippen molar-refractivity contribution < 1.29 is 18.7 Å². The van der Waals surface area contributed by atoms with Crippen LogP contribution in [0.15, 0.2) is 72.8 Å². The summed E-state index contributed by atoms with van der Waals surface area (Å²) in [6.07, 6.45) is 2.27. The molecule has 2 heterocycles. The number of nitrogens with zero attached hydrogens (tertiary/aromatic N) is 3. The molecule has 4 aromatic rings. The van der Waals surface area contributed by atoms with Crippen molar-refractivity contribution in [2.75, 3.05) is 20.2 Å². The number of amides is 1. The zero-order valence-electron chi connectivity index (χ0n) is 21.1. The van der Waals surface area contributed by atoms with Gasteiger partial charge in [0.1, 0.15) is 5.82 Å². The van der Waals surface area contributed by atoms with Crippen LogP contribution in [0, 0.1) is 5.82 Å². The van der Waals surface area contributed by atoms with Crippen LogP contribution in [0.25, 0.3) is 0 Å². The molecule has 0 spiro atoms. The summed E-state index contributed by atoms with van der Waals surface area (Å²) in [5.41, 5.74) is 2.69. The highest BCUT2D eigenvalue weighted by molar-refractivity contribution is 7.07. The van der Waals surface area contributed by atoms with Gasteiger partial charge in [-0.05, 0) is 54.3 Å². The number of likely N-dealkylation sites (tertiary alicyclic amines) is 1. The Balaban J connectivity index is 1.18. The smallest absolute Gasteiger partial charge is 0.298 e. The minimum Gasteiger partial charge on any atom is -0.493 e. The summed E-state index contributed by atoms with van der Waals surface area (Å²) in [5, 5.41) is 3.51. The molecule has 0 aliphatic carbocycles. The lowest BCUT2D eigenvalue weighted by Crippen LogP contribution is -2.44. The molecule has 0 atom stereocenters. The Morgan fingerprint density at radius 2 is 1.79 bits per heavy atom. The molecule has 7 nitrogen and oxygen atoms in total. The summed E-state index contributed by atoms with van der Waals surface area (Å²) >= 11 is 1.11. The molecule has 1 aromatic heterocycles. The highest BCUT2D eigenvalue weighted by Crippen LogP contribution is 2.33. The van der Waals surface area contributed by atoms with Gasteiger partial charge in [0.2, 0.25) is 0 Å². The molecule has 0 saturated carbocycles. The first-order chi connectivity index (χ1) is 18.6. The van der Waals surface area contributed by atoms with Gasteiger partial charge in [-0.25, -0.2) is 4.39 Å². The van der Waals surface area contributed by atoms with Gasteiger partial charge in [0.25, 0.3) is 11.1 Å². The van der Waals surface area contributed by atoms with Crippen LogP contribution in [-0.4, -0.2) is 46.4 Å². The molecule has 1 aliphatic rings. The molecular formula is C29H29FN4O3S. The van der Waals surface area contributed by atoms with Gasteiger partial charge in [-0.1, -0.05) is 42.5 Å². The Hall–Kier alpha value is -3.82. The number of benzene rings is 3. The third-order valence-electron chi connectivity index (χ3n) is 6.52. The van der Waals surface area contributed by atoms with Crippen molar-refractivity contribution in [3.05, 3.63) is 101 Å². The van der Waals surface area contributed by atoms with Crippen LogP contribution >= 0.6 is 11.5 Å². The summed E-state index contributed by atoms with van der Waals surface area (Å²) in [6, 6.07) is 21.9.